The molecule has 0 aromatic carbocycles. The van der Waals surface area contributed by atoms with E-state index in [0.29, 0.717) is 17.3 Å². The summed E-state index contributed by atoms with van der Waals surface area (Å²) in [5, 5.41) is 7.37. The molecule has 0 unspecified atom stereocenters. The molecule has 1 amide bonds. The van der Waals surface area contributed by atoms with E-state index in [9.17, 15) is 4.79 Å². The van der Waals surface area contributed by atoms with Crippen molar-refractivity contribution in [1.82, 2.24) is 15.1 Å². The van der Waals surface area contributed by atoms with Gasteiger partial charge in [0.1, 0.15) is 5.69 Å². The molecule has 2 heterocycles. The van der Waals surface area contributed by atoms with Crippen LogP contribution in [0.3, 0.4) is 0 Å². The Morgan fingerprint density at radius 1 is 1.78 bits per heavy atom. The normalized spacial score (nSPS) is 20.9. The topological polar surface area (TPSA) is 56.2 Å². The fourth-order valence-corrected chi connectivity index (χ4v) is 2.42. The third kappa shape index (κ3) is 2.67. The average Bonchev–Trinajstić information content (AvgIpc) is 2.97. The van der Waals surface area contributed by atoms with Gasteiger partial charge in [-0.25, -0.2) is 0 Å². The van der Waals surface area contributed by atoms with Gasteiger partial charge in [-0.3, -0.25) is 9.48 Å². The summed E-state index contributed by atoms with van der Waals surface area (Å²) in [7, 11) is 0. The Morgan fingerprint density at radius 3 is 3.17 bits per heavy atom. The van der Waals surface area contributed by atoms with Crippen molar-refractivity contribution in [2.75, 3.05) is 6.61 Å². The molecular formula is C12H18ClN3O2. The van der Waals surface area contributed by atoms with Gasteiger partial charge in [-0.15, -0.1) is 0 Å². The first-order valence-corrected chi connectivity index (χ1v) is 6.65. The van der Waals surface area contributed by atoms with E-state index in [1.165, 1.54) is 6.20 Å². The molecule has 1 fully saturated rings. The van der Waals surface area contributed by atoms with Gasteiger partial charge < -0.3 is 10.1 Å². The molecule has 2 atom stereocenters. The number of halogens is 1. The average molecular weight is 272 g/mol. The van der Waals surface area contributed by atoms with Crippen molar-refractivity contribution in [3.63, 3.8) is 0 Å². The number of amides is 1. The monoisotopic (exact) mass is 271 g/mol. The maximum absolute atomic E-state index is 12.2. The molecule has 1 aromatic rings. The Balaban J connectivity index is 2.04. The summed E-state index contributed by atoms with van der Waals surface area (Å²) >= 11 is 5.99. The zero-order valence-corrected chi connectivity index (χ0v) is 11.4. The predicted octanol–water partition coefficient (Wildman–Crippen LogP) is 1.85. The molecule has 1 aliphatic rings. The van der Waals surface area contributed by atoms with Crippen molar-refractivity contribution in [2.24, 2.45) is 0 Å². The van der Waals surface area contributed by atoms with Crippen LogP contribution in [0.4, 0.5) is 0 Å². The first-order valence-electron chi connectivity index (χ1n) is 6.27. The van der Waals surface area contributed by atoms with Crippen molar-refractivity contribution < 1.29 is 9.53 Å². The minimum absolute atomic E-state index is 0.0173. The third-order valence-electron chi connectivity index (χ3n) is 3.19. The number of ether oxygens (including phenoxy) is 1. The second-order valence-corrected chi connectivity index (χ2v) is 4.88. The van der Waals surface area contributed by atoms with Crippen LogP contribution in [0.15, 0.2) is 6.20 Å². The van der Waals surface area contributed by atoms with Crippen LogP contribution in [0.2, 0.25) is 5.02 Å². The zero-order chi connectivity index (χ0) is 13.1. The maximum atomic E-state index is 12.2. The van der Waals surface area contributed by atoms with Crippen molar-refractivity contribution in [1.29, 1.82) is 0 Å². The molecule has 0 saturated carbocycles. The molecule has 1 saturated heterocycles. The molecule has 1 aromatic heterocycles. The lowest BCUT2D eigenvalue weighted by Gasteiger charge is -2.20. The van der Waals surface area contributed by atoms with Crippen LogP contribution in [0.5, 0.6) is 0 Å². The lowest BCUT2D eigenvalue weighted by atomic mass is 10.1. The Hall–Kier alpha value is -1.07. The van der Waals surface area contributed by atoms with E-state index in [2.05, 4.69) is 10.4 Å². The summed E-state index contributed by atoms with van der Waals surface area (Å²) in [6.07, 6.45) is 3.64. The molecule has 2 rings (SSSR count). The third-order valence-corrected chi connectivity index (χ3v) is 3.47. The molecular weight excluding hydrogens is 254 g/mol. The quantitative estimate of drug-likeness (QED) is 0.909. The number of hydrogen-bond donors (Lipinski definition) is 1. The van der Waals surface area contributed by atoms with Gasteiger partial charge in [0.2, 0.25) is 0 Å². The highest BCUT2D eigenvalue weighted by molar-refractivity contribution is 6.33. The molecule has 18 heavy (non-hydrogen) atoms. The van der Waals surface area contributed by atoms with E-state index >= 15 is 0 Å². The van der Waals surface area contributed by atoms with Crippen LogP contribution >= 0.6 is 11.6 Å². The van der Waals surface area contributed by atoms with Gasteiger partial charge in [0, 0.05) is 13.2 Å². The highest BCUT2D eigenvalue weighted by Gasteiger charge is 2.26. The fourth-order valence-electron chi connectivity index (χ4n) is 2.19. The largest absolute Gasteiger partial charge is 0.376 e. The van der Waals surface area contributed by atoms with Gasteiger partial charge in [0.25, 0.3) is 5.91 Å². The molecule has 1 N–H and O–H groups in total. The van der Waals surface area contributed by atoms with Gasteiger partial charge >= 0.3 is 0 Å². The van der Waals surface area contributed by atoms with Gasteiger partial charge in [-0.2, -0.15) is 5.10 Å². The Kier molecular flexibility index (Phi) is 4.24. The van der Waals surface area contributed by atoms with E-state index < -0.39 is 0 Å². The number of carbonyl (C=O) groups excluding carboxylic acids is 1. The van der Waals surface area contributed by atoms with Crippen LogP contribution < -0.4 is 5.32 Å². The van der Waals surface area contributed by atoms with Gasteiger partial charge in [-0.1, -0.05) is 11.6 Å². The Morgan fingerprint density at radius 2 is 2.56 bits per heavy atom. The number of nitrogens with one attached hydrogen (secondary N) is 1. The maximum Gasteiger partial charge on any atom is 0.271 e. The fraction of sp³-hybridized carbons (Fsp3) is 0.667. The molecule has 0 radical (unpaired) electrons. The van der Waals surface area contributed by atoms with Crippen molar-refractivity contribution in [3.8, 4) is 0 Å². The summed E-state index contributed by atoms with van der Waals surface area (Å²) in [6, 6.07) is -0.0173. The van der Waals surface area contributed by atoms with E-state index in [4.69, 9.17) is 16.3 Å². The molecule has 0 spiro atoms. The van der Waals surface area contributed by atoms with Crippen LogP contribution in [0, 0.1) is 0 Å². The van der Waals surface area contributed by atoms with Crippen molar-refractivity contribution >= 4 is 17.5 Å². The Bertz CT molecular complexity index is 427. The number of nitrogens with zero attached hydrogens (tertiary/aromatic N) is 2. The summed E-state index contributed by atoms with van der Waals surface area (Å²) in [5.74, 6) is -0.192. The predicted molar refractivity (Wildman–Crippen MR) is 68.8 cm³/mol. The van der Waals surface area contributed by atoms with E-state index in [-0.39, 0.29) is 18.1 Å². The minimum atomic E-state index is -0.192. The van der Waals surface area contributed by atoms with Crippen molar-refractivity contribution in [3.05, 3.63) is 16.9 Å². The first kappa shape index (κ1) is 13.4. The van der Waals surface area contributed by atoms with Gasteiger partial charge in [-0.05, 0) is 26.7 Å². The van der Waals surface area contributed by atoms with E-state index in [0.717, 1.165) is 19.4 Å². The van der Waals surface area contributed by atoms with Crippen LogP contribution in [-0.2, 0) is 11.3 Å². The second-order valence-electron chi connectivity index (χ2n) is 4.47. The summed E-state index contributed by atoms with van der Waals surface area (Å²) in [5.41, 5.74) is 0.420. The highest BCUT2D eigenvalue weighted by Crippen LogP contribution is 2.18. The first-order chi connectivity index (χ1) is 8.63. The number of aromatic nitrogens is 2. The van der Waals surface area contributed by atoms with Crippen LogP contribution in [-0.4, -0.2) is 34.4 Å². The lowest BCUT2D eigenvalue weighted by molar-refractivity contribution is 0.0706. The lowest BCUT2D eigenvalue weighted by Crippen LogP contribution is -2.41. The Labute approximate surface area is 111 Å². The number of carbonyl (C=O) groups is 1. The second kappa shape index (κ2) is 5.71. The molecule has 0 aliphatic carbocycles. The zero-order valence-electron chi connectivity index (χ0n) is 10.6. The highest BCUT2D eigenvalue weighted by atomic mass is 35.5. The van der Waals surface area contributed by atoms with Crippen LogP contribution in [0.25, 0.3) is 0 Å². The molecule has 6 heteroatoms. The summed E-state index contributed by atoms with van der Waals surface area (Å²) in [6.45, 7) is 5.26. The summed E-state index contributed by atoms with van der Waals surface area (Å²) < 4.78 is 7.15. The number of hydrogen-bond acceptors (Lipinski definition) is 3. The summed E-state index contributed by atoms with van der Waals surface area (Å²) in [4.78, 5) is 12.2. The van der Waals surface area contributed by atoms with Gasteiger partial charge in [0.05, 0.1) is 23.4 Å². The SMILES string of the molecule is CCn1ncc(Cl)c1C(=O)N[C@H](C)[C@@H]1CCCO1. The molecule has 100 valence electrons. The number of aryl methyl sites for hydroxylation is 1. The smallest absolute Gasteiger partial charge is 0.271 e. The minimum Gasteiger partial charge on any atom is -0.376 e. The van der Waals surface area contributed by atoms with Crippen molar-refractivity contribution in [2.45, 2.75) is 45.4 Å². The van der Waals surface area contributed by atoms with E-state index in [1.54, 1.807) is 4.68 Å². The van der Waals surface area contributed by atoms with E-state index in [1.807, 2.05) is 13.8 Å². The molecule has 1 aliphatic heterocycles. The van der Waals surface area contributed by atoms with Gasteiger partial charge in [0.15, 0.2) is 0 Å². The molecule has 5 nitrogen and oxygen atoms in total. The van der Waals surface area contributed by atoms with Crippen LogP contribution in [0.1, 0.15) is 37.2 Å². The molecule has 0 bridgehead atoms. The number of rotatable bonds is 4. The standard InChI is InChI=1S/C12H18ClN3O2/c1-3-16-11(9(13)7-14-16)12(17)15-8(2)10-5-4-6-18-10/h7-8,10H,3-6H2,1-2H3,(H,15,17)/t8-,10+/m1/s1.